The summed E-state index contributed by atoms with van der Waals surface area (Å²) in [5.74, 6) is -0.258. The Kier molecular flexibility index (Phi) is 3.85. The van der Waals surface area contributed by atoms with Crippen molar-refractivity contribution in [2.75, 3.05) is 13.1 Å². The molecule has 3 rings (SSSR count). The van der Waals surface area contributed by atoms with Gasteiger partial charge in [0.1, 0.15) is 0 Å². The first-order valence-corrected chi connectivity index (χ1v) is 7.05. The van der Waals surface area contributed by atoms with Gasteiger partial charge in [-0.15, -0.1) is 0 Å². The van der Waals surface area contributed by atoms with E-state index in [0.717, 1.165) is 10.7 Å². The number of hydrogen-bond donors (Lipinski definition) is 1. The molecule has 0 spiro atoms. The summed E-state index contributed by atoms with van der Waals surface area (Å²) in [6.07, 6.45) is -3.31. The van der Waals surface area contributed by atoms with E-state index in [1.54, 1.807) is 18.2 Å². The van der Waals surface area contributed by atoms with Gasteiger partial charge in [0.05, 0.1) is 11.8 Å². The summed E-state index contributed by atoms with van der Waals surface area (Å²) in [5.41, 5.74) is -0.274. The van der Waals surface area contributed by atoms with Crippen LogP contribution in [0.1, 0.15) is 22.5 Å². The number of hydrogen-bond acceptors (Lipinski definition) is 3. The minimum absolute atomic E-state index is 0.258. The Bertz CT molecular complexity index is 727. The standard InChI is InChI=1S/C15H14F3N3O2/c16-15(17,18)13-5-7-21(19-13)11-3-1-2-10(8-11)14(23)20-6-4-12(22)9-20/h1-3,5,7-8,12,22H,4,6,9H2/t12-/m1/s1. The Hall–Kier alpha value is -2.35. The predicted molar refractivity (Wildman–Crippen MR) is 75.1 cm³/mol. The minimum Gasteiger partial charge on any atom is -0.391 e. The third kappa shape index (κ3) is 3.21. The van der Waals surface area contributed by atoms with E-state index in [1.165, 1.54) is 17.2 Å². The molecule has 1 aromatic heterocycles. The van der Waals surface area contributed by atoms with Crippen LogP contribution >= 0.6 is 0 Å². The number of aliphatic hydroxyl groups is 1. The largest absolute Gasteiger partial charge is 0.435 e. The maximum Gasteiger partial charge on any atom is 0.435 e. The van der Waals surface area contributed by atoms with Crippen LogP contribution in [0.3, 0.4) is 0 Å². The molecule has 23 heavy (non-hydrogen) atoms. The van der Waals surface area contributed by atoms with Crippen LogP contribution in [0, 0.1) is 0 Å². The van der Waals surface area contributed by atoms with Crippen LogP contribution in [0.15, 0.2) is 36.5 Å². The number of aromatic nitrogens is 2. The van der Waals surface area contributed by atoms with E-state index in [1.807, 2.05) is 0 Å². The summed E-state index contributed by atoms with van der Waals surface area (Å²) in [5, 5.41) is 13.0. The first-order valence-electron chi connectivity index (χ1n) is 7.05. The van der Waals surface area contributed by atoms with Gasteiger partial charge in [0.2, 0.25) is 0 Å². The van der Waals surface area contributed by atoms with Gasteiger partial charge < -0.3 is 10.0 Å². The molecule has 0 radical (unpaired) electrons. The Morgan fingerprint density at radius 3 is 2.70 bits per heavy atom. The van der Waals surface area contributed by atoms with Gasteiger partial charge in [0, 0.05) is 24.8 Å². The predicted octanol–water partition coefficient (Wildman–Crippen LogP) is 2.10. The summed E-state index contributed by atoms with van der Waals surface area (Å²) < 4.78 is 38.9. The lowest BCUT2D eigenvalue weighted by Crippen LogP contribution is -2.29. The van der Waals surface area contributed by atoms with E-state index >= 15 is 0 Å². The van der Waals surface area contributed by atoms with Crippen molar-refractivity contribution in [2.24, 2.45) is 0 Å². The van der Waals surface area contributed by atoms with Crippen LogP contribution in [-0.4, -0.2) is 44.9 Å². The van der Waals surface area contributed by atoms with Crippen molar-refractivity contribution >= 4 is 5.91 Å². The number of carbonyl (C=O) groups is 1. The van der Waals surface area contributed by atoms with E-state index < -0.39 is 18.0 Å². The molecule has 1 aliphatic heterocycles. The SMILES string of the molecule is O=C(c1cccc(-n2ccc(C(F)(F)F)n2)c1)N1CC[C@@H](O)C1. The van der Waals surface area contributed by atoms with E-state index in [4.69, 9.17) is 0 Å². The Labute approximate surface area is 129 Å². The van der Waals surface area contributed by atoms with Crippen molar-refractivity contribution in [3.05, 3.63) is 47.8 Å². The van der Waals surface area contributed by atoms with Gasteiger partial charge in [-0.05, 0) is 30.7 Å². The van der Waals surface area contributed by atoms with Crippen molar-refractivity contribution in [3.8, 4) is 5.69 Å². The van der Waals surface area contributed by atoms with Crippen molar-refractivity contribution < 1.29 is 23.1 Å². The van der Waals surface area contributed by atoms with Crippen molar-refractivity contribution in [3.63, 3.8) is 0 Å². The van der Waals surface area contributed by atoms with Gasteiger partial charge in [0.25, 0.3) is 5.91 Å². The first kappa shape index (κ1) is 15.5. The van der Waals surface area contributed by atoms with Crippen molar-refractivity contribution in [2.45, 2.75) is 18.7 Å². The molecule has 0 unspecified atom stereocenters. The number of benzene rings is 1. The number of rotatable bonds is 2. The van der Waals surface area contributed by atoms with Gasteiger partial charge >= 0.3 is 6.18 Å². The van der Waals surface area contributed by atoms with E-state index in [-0.39, 0.29) is 12.5 Å². The maximum absolute atomic E-state index is 12.6. The van der Waals surface area contributed by atoms with Crippen LogP contribution in [-0.2, 0) is 6.18 Å². The molecule has 1 amide bonds. The lowest BCUT2D eigenvalue weighted by atomic mass is 10.2. The number of aliphatic hydroxyl groups excluding tert-OH is 1. The highest BCUT2D eigenvalue weighted by Crippen LogP contribution is 2.28. The number of alkyl halides is 3. The lowest BCUT2D eigenvalue weighted by molar-refractivity contribution is -0.141. The molecular weight excluding hydrogens is 311 g/mol. The lowest BCUT2D eigenvalue weighted by Gasteiger charge is -2.16. The monoisotopic (exact) mass is 325 g/mol. The first-order chi connectivity index (χ1) is 10.8. The van der Waals surface area contributed by atoms with E-state index in [9.17, 15) is 23.1 Å². The van der Waals surface area contributed by atoms with Gasteiger partial charge in [-0.3, -0.25) is 4.79 Å². The molecule has 1 atom stereocenters. The maximum atomic E-state index is 12.6. The molecule has 1 saturated heterocycles. The number of β-amino-alcohol motifs (C(OH)–C–C–N with tert-alkyl or cyclic N) is 1. The van der Waals surface area contributed by atoms with Crippen LogP contribution < -0.4 is 0 Å². The molecular formula is C15H14F3N3O2. The zero-order valence-corrected chi connectivity index (χ0v) is 12.0. The molecule has 8 heteroatoms. The number of amides is 1. The molecule has 2 heterocycles. The summed E-state index contributed by atoms with van der Waals surface area (Å²) in [6.45, 7) is 0.729. The van der Waals surface area contributed by atoms with Gasteiger partial charge in [-0.2, -0.15) is 18.3 Å². The van der Waals surface area contributed by atoms with Crippen LogP contribution in [0.5, 0.6) is 0 Å². The van der Waals surface area contributed by atoms with E-state index in [2.05, 4.69) is 5.10 Å². The number of halogens is 3. The molecule has 1 N–H and O–H groups in total. The van der Waals surface area contributed by atoms with Gasteiger partial charge in [-0.25, -0.2) is 4.68 Å². The Balaban J connectivity index is 1.85. The van der Waals surface area contributed by atoms with Gasteiger partial charge in [0.15, 0.2) is 5.69 Å². The van der Waals surface area contributed by atoms with Crippen LogP contribution in [0.2, 0.25) is 0 Å². The highest BCUT2D eigenvalue weighted by Gasteiger charge is 2.33. The third-order valence-corrected chi connectivity index (χ3v) is 3.69. The van der Waals surface area contributed by atoms with Crippen molar-refractivity contribution in [1.82, 2.24) is 14.7 Å². The molecule has 1 aliphatic rings. The summed E-state index contributed by atoms with van der Waals surface area (Å²) in [6, 6.07) is 7.11. The molecule has 122 valence electrons. The second-order valence-electron chi connectivity index (χ2n) is 5.39. The third-order valence-electron chi connectivity index (χ3n) is 3.69. The second-order valence-corrected chi connectivity index (χ2v) is 5.39. The molecule has 0 bridgehead atoms. The Morgan fingerprint density at radius 2 is 2.09 bits per heavy atom. The molecule has 1 fully saturated rings. The average Bonchev–Trinajstić information content (AvgIpc) is 3.15. The van der Waals surface area contributed by atoms with Crippen molar-refractivity contribution in [1.29, 1.82) is 0 Å². The molecule has 0 aliphatic carbocycles. The minimum atomic E-state index is -4.51. The fourth-order valence-corrected chi connectivity index (χ4v) is 2.51. The zero-order chi connectivity index (χ0) is 16.6. The smallest absolute Gasteiger partial charge is 0.391 e. The molecule has 5 nitrogen and oxygen atoms in total. The number of likely N-dealkylation sites (tertiary alicyclic amines) is 1. The highest BCUT2D eigenvalue weighted by atomic mass is 19.4. The second kappa shape index (κ2) is 5.69. The molecule has 2 aromatic rings. The quantitative estimate of drug-likeness (QED) is 0.920. The fraction of sp³-hybridized carbons (Fsp3) is 0.333. The normalized spacial score (nSPS) is 18.4. The zero-order valence-electron chi connectivity index (χ0n) is 12.0. The Morgan fingerprint density at radius 1 is 1.30 bits per heavy atom. The fourth-order valence-electron chi connectivity index (χ4n) is 2.51. The average molecular weight is 325 g/mol. The summed E-state index contributed by atoms with van der Waals surface area (Å²) in [4.78, 5) is 13.9. The topological polar surface area (TPSA) is 58.4 Å². The summed E-state index contributed by atoms with van der Waals surface area (Å²) in [7, 11) is 0. The van der Waals surface area contributed by atoms with E-state index in [0.29, 0.717) is 24.2 Å². The number of carbonyl (C=O) groups excluding carboxylic acids is 1. The summed E-state index contributed by atoms with van der Waals surface area (Å²) >= 11 is 0. The van der Waals surface area contributed by atoms with Crippen LogP contribution in [0.4, 0.5) is 13.2 Å². The number of nitrogens with zero attached hydrogens (tertiary/aromatic N) is 3. The molecule has 1 aromatic carbocycles. The highest BCUT2D eigenvalue weighted by molar-refractivity contribution is 5.95. The molecule has 0 saturated carbocycles. The van der Waals surface area contributed by atoms with Gasteiger partial charge in [-0.1, -0.05) is 6.07 Å². The van der Waals surface area contributed by atoms with Crippen LogP contribution in [0.25, 0.3) is 5.69 Å².